The molecule has 2 aromatic heterocycles. The summed E-state index contributed by atoms with van der Waals surface area (Å²) in [6.07, 6.45) is 0.0680. The molecule has 27 heavy (non-hydrogen) atoms. The number of aliphatic hydroxyl groups excluding tert-OH is 1. The minimum atomic E-state index is -0.565. The topological polar surface area (TPSA) is 97.9 Å². The Hall–Kier alpha value is -2.64. The molecule has 1 amide bonds. The van der Waals surface area contributed by atoms with Gasteiger partial charge >= 0.3 is 0 Å². The summed E-state index contributed by atoms with van der Waals surface area (Å²) in [5, 5.41) is 25.2. The number of aromatic nitrogens is 4. The number of benzene rings is 1. The Morgan fingerprint density at radius 3 is 2.70 bits per heavy atom. The van der Waals surface area contributed by atoms with Crippen LogP contribution in [0.4, 0.5) is 0 Å². The van der Waals surface area contributed by atoms with Crippen LogP contribution < -0.4 is 0 Å². The summed E-state index contributed by atoms with van der Waals surface area (Å²) >= 11 is 5.91. The number of hydrogen-bond donors (Lipinski definition) is 3. The molecule has 0 unspecified atom stereocenters. The van der Waals surface area contributed by atoms with Gasteiger partial charge in [-0.05, 0) is 37.6 Å². The van der Waals surface area contributed by atoms with Crippen molar-refractivity contribution in [3.8, 4) is 11.3 Å². The predicted octanol–water partition coefficient (Wildman–Crippen LogP) is 2.44. The van der Waals surface area contributed by atoms with E-state index in [2.05, 4.69) is 20.4 Å². The van der Waals surface area contributed by atoms with Gasteiger partial charge in [0.05, 0.1) is 17.5 Å². The molecule has 3 heterocycles. The summed E-state index contributed by atoms with van der Waals surface area (Å²) in [5.41, 5.74) is 3.85. The van der Waals surface area contributed by atoms with Crippen molar-refractivity contribution in [1.29, 1.82) is 0 Å². The third kappa shape index (κ3) is 3.74. The summed E-state index contributed by atoms with van der Waals surface area (Å²) < 4.78 is 0. The molecule has 3 aromatic rings. The summed E-state index contributed by atoms with van der Waals surface area (Å²) in [6.45, 7) is 2.73. The summed E-state index contributed by atoms with van der Waals surface area (Å²) in [5.74, 6) is -0.197. The van der Waals surface area contributed by atoms with E-state index in [9.17, 15) is 9.90 Å². The lowest BCUT2D eigenvalue weighted by Crippen LogP contribution is -2.29. The first-order valence-corrected chi connectivity index (χ1v) is 9.17. The number of aliphatic hydroxyl groups is 1. The highest BCUT2D eigenvalue weighted by Crippen LogP contribution is 2.24. The molecule has 2 atom stereocenters. The van der Waals surface area contributed by atoms with Gasteiger partial charge in [-0.15, -0.1) is 0 Å². The van der Waals surface area contributed by atoms with Gasteiger partial charge in [-0.1, -0.05) is 23.7 Å². The van der Waals surface area contributed by atoms with Crippen LogP contribution >= 0.6 is 11.6 Å². The van der Waals surface area contributed by atoms with E-state index in [1.54, 1.807) is 23.1 Å². The number of carbonyl (C=O) groups is 1. The van der Waals surface area contributed by atoms with E-state index in [1.165, 1.54) is 0 Å². The average Bonchev–Trinajstić information content (AvgIpc) is 3.37. The summed E-state index contributed by atoms with van der Waals surface area (Å²) in [6, 6.07) is 11.0. The molecule has 1 saturated heterocycles. The maximum Gasteiger partial charge on any atom is 0.271 e. The molecule has 1 aliphatic heterocycles. The monoisotopic (exact) mass is 385 g/mol. The summed E-state index contributed by atoms with van der Waals surface area (Å²) in [4.78, 5) is 14.5. The zero-order valence-corrected chi connectivity index (χ0v) is 15.6. The Morgan fingerprint density at radius 1 is 1.22 bits per heavy atom. The predicted molar refractivity (Wildman–Crippen MR) is 101 cm³/mol. The van der Waals surface area contributed by atoms with Gasteiger partial charge in [0.25, 0.3) is 5.91 Å². The Balaban J connectivity index is 1.44. The standard InChI is InChI=1S/C19H20ClN5O2/c1-11-6-15(22-21-11)7-13-9-25(10-18(13)26)19(27)17-8-16(23-24-17)12-2-4-14(20)5-3-12/h2-6,8,13,18,26H,7,9-10H2,1H3,(H,21,22)(H,23,24)/t13-,18+/m1/s1. The minimum Gasteiger partial charge on any atom is -0.391 e. The summed E-state index contributed by atoms with van der Waals surface area (Å²) in [7, 11) is 0. The number of amides is 1. The largest absolute Gasteiger partial charge is 0.391 e. The highest BCUT2D eigenvalue weighted by atomic mass is 35.5. The molecule has 0 saturated carbocycles. The van der Waals surface area contributed by atoms with Gasteiger partial charge in [0.15, 0.2) is 0 Å². The molecule has 7 nitrogen and oxygen atoms in total. The van der Waals surface area contributed by atoms with Crippen molar-refractivity contribution in [3.63, 3.8) is 0 Å². The van der Waals surface area contributed by atoms with E-state index >= 15 is 0 Å². The highest BCUT2D eigenvalue weighted by Gasteiger charge is 2.35. The maximum absolute atomic E-state index is 12.8. The zero-order valence-electron chi connectivity index (χ0n) is 14.8. The lowest BCUT2D eigenvalue weighted by atomic mass is 10.0. The molecule has 4 rings (SSSR count). The molecule has 140 valence electrons. The van der Waals surface area contributed by atoms with E-state index in [1.807, 2.05) is 25.1 Å². The van der Waals surface area contributed by atoms with Crippen LogP contribution in [0.1, 0.15) is 21.9 Å². The van der Waals surface area contributed by atoms with E-state index in [-0.39, 0.29) is 11.8 Å². The second kappa shape index (κ2) is 7.17. The molecule has 1 aliphatic rings. The fourth-order valence-corrected chi connectivity index (χ4v) is 3.56. The van der Waals surface area contributed by atoms with Gasteiger partial charge in [0.1, 0.15) is 5.69 Å². The molecular formula is C19H20ClN5O2. The number of likely N-dealkylation sites (tertiary alicyclic amines) is 1. The SMILES string of the molecule is Cc1cc(C[C@@H]2CN(C(=O)c3cc(-c4ccc(Cl)cc4)n[nH]3)C[C@@H]2O)n[nH]1. The van der Waals surface area contributed by atoms with Crippen molar-refractivity contribution >= 4 is 17.5 Å². The van der Waals surface area contributed by atoms with Gasteiger partial charge in [-0.3, -0.25) is 15.0 Å². The van der Waals surface area contributed by atoms with Crippen molar-refractivity contribution in [2.45, 2.75) is 19.4 Å². The van der Waals surface area contributed by atoms with Gasteiger partial charge in [-0.2, -0.15) is 10.2 Å². The number of aromatic amines is 2. The molecule has 0 spiro atoms. The smallest absolute Gasteiger partial charge is 0.271 e. The second-order valence-corrected chi connectivity index (χ2v) is 7.39. The lowest BCUT2D eigenvalue weighted by Gasteiger charge is -2.14. The van der Waals surface area contributed by atoms with Crippen molar-refractivity contribution in [2.75, 3.05) is 13.1 Å². The normalized spacial score (nSPS) is 19.6. The quantitative estimate of drug-likeness (QED) is 0.642. The number of nitrogens with one attached hydrogen (secondary N) is 2. The number of carbonyl (C=O) groups excluding carboxylic acids is 1. The third-order valence-electron chi connectivity index (χ3n) is 4.87. The van der Waals surface area contributed by atoms with Crippen LogP contribution in [0.5, 0.6) is 0 Å². The van der Waals surface area contributed by atoms with Crippen LogP contribution in [-0.2, 0) is 6.42 Å². The van der Waals surface area contributed by atoms with E-state index in [4.69, 9.17) is 11.6 Å². The molecule has 8 heteroatoms. The minimum absolute atomic E-state index is 0.0321. The number of halogens is 1. The second-order valence-electron chi connectivity index (χ2n) is 6.96. The van der Waals surface area contributed by atoms with Crippen LogP contribution in [0.25, 0.3) is 11.3 Å². The number of rotatable bonds is 4. The number of β-amino-alcohol motifs (C(OH)–C–C–N with tert-alkyl or cyclic N) is 1. The van der Waals surface area contributed by atoms with Gasteiger partial charge < -0.3 is 10.0 Å². The van der Waals surface area contributed by atoms with Gasteiger partial charge in [0.2, 0.25) is 0 Å². The Morgan fingerprint density at radius 2 is 2.00 bits per heavy atom. The van der Waals surface area contributed by atoms with Gasteiger partial charge in [0, 0.05) is 35.3 Å². The fraction of sp³-hybridized carbons (Fsp3) is 0.316. The van der Waals surface area contributed by atoms with Crippen molar-refractivity contribution in [3.05, 3.63) is 58.5 Å². The van der Waals surface area contributed by atoms with Crippen LogP contribution in [0, 0.1) is 12.8 Å². The molecular weight excluding hydrogens is 366 g/mol. The first-order valence-electron chi connectivity index (χ1n) is 8.79. The van der Waals surface area contributed by atoms with E-state index in [0.29, 0.717) is 35.9 Å². The molecule has 0 bridgehead atoms. The molecule has 1 fully saturated rings. The van der Waals surface area contributed by atoms with Crippen molar-refractivity contribution in [1.82, 2.24) is 25.3 Å². The molecule has 0 aliphatic carbocycles. The number of nitrogens with zero attached hydrogens (tertiary/aromatic N) is 3. The van der Waals surface area contributed by atoms with Crippen molar-refractivity contribution < 1.29 is 9.90 Å². The molecule has 3 N–H and O–H groups in total. The fourth-order valence-electron chi connectivity index (χ4n) is 3.44. The number of aryl methyl sites for hydroxylation is 1. The van der Waals surface area contributed by atoms with Gasteiger partial charge in [-0.25, -0.2) is 0 Å². The number of H-pyrrole nitrogens is 2. The van der Waals surface area contributed by atoms with Crippen LogP contribution in [0.15, 0.2) is 36.4 Å². The van der Waals surface area contributed by atoms with E-state index in [0.717, 1.165) is 17.0 Å². The van der Waals surface area contributed by atoms with Crippen molar-refractivity contribution in [2.24, 2.45) is 5.92 Å². The van der Waals surface area contributed by atoms with Crippen LogP contribution in [-0.4, -0.2) is 55.5 Å². The van der Waals surface area contributed by atoms with Crippen LogP contribution in [0.2, 0.25) is 5.02 Å². The van der Waals surface area contributed by atoms with Crippen LogP contribution in [0.3, 0.4) is 0 Å². The zero-order chi connectivity index (χ0) is 19.0. The third-order valence-corrected chi connectivity index (χ3v) is 5.12. The average molecular weight is 386 g/mol. The molecule has 0 radical (unpaired) electrons. The Bertz CT molecular complexity index is 949. The Kier molecular flexibility index (Phi) is 4.72. The number of hydrogen-bond acceptors (Lipinski definition) is 4. The van der Waals surface area contributed by atoms with E-state index < -0.39 is 6.10 Å². The Labute approximate surface area is 161 Å². The molecule has 1 aromatic carbocycles. The first kappa shape index (κ1) is 17.8. The highest BCUT2D eigenvalue weighted by molar-refractivity contribution is 6.30. The lowest BCUT2D eigenvalue weighted by molar-refractivity contribution is 0.0759. The maximum atomic E-state index is 12.8. The first-order chi connectivity index (χ1) is 13.0.